The molecule has 7 aromatic rings. The van der Waals surface area contributed by atoms with Gasteiger partial charge in [-0.2, -0.15) is 0 Å². The Kier molecular flexibility index (Phi) is 7.20. The van der Waals surface area contributed by atoms with Gasteiger partial charge in [-0.05, 0) is 90.4 Å². The van der Waals surface area contributed by atoms with Crippen LogP contribution in [0.15, 0.2) is 164 Å². The van der Waals surface area contributed by atoms with Crippen LogP contribution < -0.4 is 0 Å². The van der Waals surface area contributed by atoms with Gasteiger partial charge in [-0.1, -0.05) is 184 Å². The third kappa shape index (κ3) is 4.51. The van der Waals surface area contributed by atoms with Crippen LogP contribution in [0.3, 0.4) is 0 Å². The topological polar surface area (TPSA) is 0 Å². The molecule has 49 heavy (non-hydrogen) atoms. The highest BCUT2D eigenvalue weighted by Gasteiger charge is 2.53. The summed E-state index contributed by atoms with van der Waals surface area (Å²) < 4.78 is 0. The van der Waals surface area contributed by atoms with Crippen molar-refractivity contribution in [2.75, 3.05) is 0 Å². The van der Waals surface area contributed by atoms with E-state index >= 15 is 0 Å². The molecule has 0 aromatic heterocycles. The normalized spacial score (nSPS) is 14.9. The second kappa shape index (κ2) is 11.9. The van der Waals surface area contributed by atoms with Crippen molar-refractivity contribution in [1.29, 1.82) is 0 Å². The van der Waals surface area contributed by atoms with E-state index < -0.39 is 5.41 Å². The quantitative estimate of drug-likeness (QED) is 0.165. The Morgan fingerprint density at radius 2 is 1.02 bits per heavy atom. The van der Waals surface area contributed by atoms with E-state index in [4.69, 9.17) is 0 Å². The first-order chi connectivity index (χ1) is 24.2. The highest BCUT2D eigenvalue weighted by Crippen LogP contribution is 2.63. The van der Waals surface area contributed by atoms with Crippen LogP contribution in [0.1, 0.15) is 70.2 Å². The lowest BCUT2D eigenvalue weighted by atomic mass is 9.55. The Morgan fingerprint density at radius 3 is 1.65 bits per heavy atom. The average Bonchev–Trinajstić information content (AvgIpc) is 3.75. The lowest BCUT2D eigenvalue weighted by Crippen LogP contribution is -2.40. The molecule has 0 saturated heterocycles. The van der Waals surface area contributed by atoms with Crippen molar-refractivity contribution in [2.45, 2.75) is 43.9 Å². The third-order valence-corrected chi connectivity index (χ3v) is 11.4. The lowest BCUT2D eigenvalue weighted by molar-refractivity contribution is 0.416. The van der Waals surface area contributed by atoms with Crippen LogP contribution in [-0.4, -0.2) is 0 Å². The number of allylic oxidation sites excluding steroid dienone is 1. The first-order valence-electron chi connectivity index (χ1n) is 17.9. The molecule has 0 fully saturated rings. The molecule has 236 valence electrons. The van der Waals surface area contributed by atoms with Crippen LogP contribution in [0.2, 0.25) is 0 Å². The fraction of sp³-hybridized carbons (Fsp3) is 0.143. The van der Waals surface area contributed by atoms with Gasteiger partial charge < -0.3 is 0 Å². The Bertz CT molecular complexity index is 2260. The van der Waals surface area contributed by atoms with Gasteiger partial charge in [0.1, 0.15) is 0 Å². The standard InChI is InChI=1S/C49H40/c1-3-33-25-27-42-43-28-26-34(4-2)32-46(43)48(45(42)31-33)49(36-17-7-5-8-18-36,37-19-9-6-10-20-37)47-30-29-41-40(23-14-24-44(41)47)39-22-13-16-35-15-11-12-21-38(35)39/h5-32,47-48H,3-4H2,1-2H3. The highest BCUT2D eigenvalue weighted by atomic mass is 14.5. The molecule has 0 radical (unpaired) electrons. The van der Waals surface area contributed by atoms with Crippen LogP contribution in [0.25, 0.3) is 39.1 Å². The summed E-state index contributed by atoms with van der Waals surface area (Å²) in [4.78, 5) is 0. The third-order valence-electron chi connectivity index (χ3n) is 11.4. The zero-order valence-corrected chi connectivity index (χ0v) is 28.2. The first kappa shape index (κ1) is 29.7. The zero-order valence-electron chi connectivity index (χ0n) is 28.2. The van der Waals surface area contributed by atoms with Crippen molar-refractivity contribution in [3.8, 4) is 22.3 Å². The Balaban J connectivity index is 1.38. The second-order valence-corrected chi connectivity index (χ2v) is 13.8. The smallest absolute Gasteiger partial charge is 0.0415 e. The zero-order chi connectivity index (χ0) is 33.0. The molecule has 0 heterocycles. The van der Waals surface area contributed by atoms with Crippen LogP contribution in [0.4, 0.5) is 0 Å². The molecular formula is C49H40. The molecule has 0 heteroatoms. The molecular weight excluding hydrogens is 589 g/mol. The number of benzene rings is 7. The van der Waals surface area contributed by atoms with Gasteiger partial charge in [0.15, 0.2) is 0 Å². The summed E-state index contributed by atoms with van der Waals surface area (Å²) in [5, 5.41) is 2.57. The largest absolute Gasteiger partial charge is 0.0751 e. The summed E-state index contributed by atoms with van der Waals surface area (Å²) in [5.74, 6) is 0.212. The highest BCUT2D eigenvalue weighted by molar-refractivity contribution is 5.99. The van der Waals surface area contributed by atoms with Gasteiger partial charge in [0.2, 0.25) is 0 Å². The van der Waals surface area contributed by atoms with Gasteiger partial charge in [-0.3, -0.25) is 0 Å². The summed E-state index contributed by atoms with van der Waals surface area (Å²) in [5.41, 5.74) is 16.0. The average molecular weight is 629 g/mol. The molecule has 2 aliphatic carbocycles. The van der Waals surface area contributed by atoms with Crippen LogP contribution in [0.5, 0.6) is 0 Å². The fourth-order valence-electron chi connectivity index (χ4n) is 9.19. The maximum absolute atomic E-state index is 2.53. The fourth-order valence-corrected chi connectivity index (χ4v) is 9.19. The van der Waals surface area contributed by atoms with E-state index in [0.717, 1.165) is 12.8 Å². The Labute approximate surface area is 290 Å². The first-order valence-corrected chi connectivity index (χ1v) is 17.9. The number of fused-ring (bicyclic) bond motifs is 5. The van der Waals surface area contributed by atoms with Crippen molar-refractivity contribution in [3.05, 3.63) is 208 Å². The van der Waals surface area contributed by atoms with Crippen molar-refractivity contribution >= 4 is 16.8 Å². The molecule has 0 N–H and O–H groups in total. The molecule has 0 aliphatic heterocycles. The number of hydrogen-bond donors (Lipinski definition) is 0. The molecule has 1 unspecified atom stereocenters. The van der Waals surface area contributed by atoms with E-state index in [0.29, 0.717) is 0 Å². The van der Waals surface area contributed by atoms with E-state index in [1.54, 1.807) is 0 Å². The van der Waals surface area contributed by atoms with Crippen molar-refractivity contribution in [1.82, 2.24) is 0 Å². The summed E-state index contributed by atoms with van der Waals surface area (Å²) in [6, 6.07) is 59.9. The van der Waals surface area contributed by atoms with Gasteiger partial charge in [-0.15, -0.1) is 0 Å². The summed E-state index contributed by atoms with van der Waals surface area (Å²) >= 11 is 0. The van der Waals surface area contributed by atoms with Gasteiger partial charge >= 0.3 is 0 Å². The minimum atomic E-state index is -0.416. The summed E-state index contributed by atoms with van der Waals surface area (Å²) in [7, 11) is 0. The van der Waals surface area contributed by atoms with Crippen molar-refractivity contribution < 1.29 is 0 Å². The molecule has 0 spiro atoms. The Morgan fingerprint density at radius 1 is 0.469 bits per heavy atom. The van der Waals surface area contributed by atoms with E-state index in [2.05, 4.69) is 184 Å². The molecule has 2 aliphatic rings. The monoisotopic (exact) mass is 628 g/mol. The molecule has 7 aromatic carbocycles. The van der Waals surface area contributed by atoms with E-state index in [9.17, 15) is 0 Å². The molecule has 0 amide bonds. The van der Waals surface area contributed by atoms with Gasteiger partial charge in [0.05, 0.1) is 0 Å². The minimum absolute atomic E-state index is 0.0987. The van der Waals surface area contributed by atoms with Gasteiger partial charge in [-0.25, -0.2) is 0 Å². The van der Waals surface area contributed by atoms with Crippen molar-refractivity contribution in [2.24, 2.45) is 0 Å². The summed E-state index contributed by atoms with van der Waals surface area (Å²) in [6.45, 7) is 4.56. The number of hydrogen-bond acceptors (Lipinski definition) is 0. The molecule has 1 atom stereocenters. The van der Waals surface area contributed by atoms with Gasteiger partial charge in [0, 0.05) is 17.3 Å². The predicted molar refractivity (Wildman–Crippen MR) is 207 cm³/mol. The number of aryl methyl sites for hydroxylation is 2. The summed E-state index contributed by atoms with van der Waals surface area (Å²) in [6.07, 6.45) is 6.99. The van der Waals surface area contributed by atoms with Crippen molar-refractivity contribution in [3.63, 3.8) is 0 Å². The molecule has 0 bridgehead atoms. The van der Waals surface area contributed by atoms with Crippen LogP contribution in [-0.2, 0) is 18.3 Å². The molecule has 0 nitrogen and oxygen atoms in total. The lowest BCUT2D eigenvalue weighted by Gasteiger charge is -2.46. The van der Waals surface area contributed by atoms with E-state index in [-0.39, 0.29) is 11.8 Å². The maximum atomic E-state index is 2.53. The molecule has 0 saturated carbocycles. The van der Waals surface area contributed by atoms with Gasteiger partial charge in [0.25, 0.3) is 0 Å². The maximum Gasteiger partial charge on any atom is 0.0415 e. The van der Waals surface area contributed by atoms with Crippen LogP contribution >= 0.6 is 0 Å². The second-order valence-electron chi connectivity index (χ2n) is 13.8. The minimum Gasteiger partial charge on any atom is -0.0751 e. The van der Waals surface area contributed by atoms with E-state index in [1.807, 2.05) is 0 Å². The SMILES string of the molecule is CCc1ccc2c(c1)C(C(c1ccccc1)(c1ccccc1)C1C=Cc3c(-c4cccc5ccccc45)cccc31)c1cc(CC)ccc1-2. The van der Waals surface area contributed by atoms with Crippen LogP contribution in [0, 0.1) is 0 Å². The Hall–Kier alpha value is -5.46. The number of rotatable bonds is 7. The predicted octanol–water partition coefficient (Wildman–Crippen LogP) is 12.5. The molecule has 9 rings (SSSR count). The van der Waals surface area contributed by atoms with E-state index in [1.165, 1.54) is 77.5 Å².